The number of nitrogens with zero attached hydrogens (tertiary/aromatic N) is 2. The van der Waals surface area contributed by atoms with E-state index in [1.165, 1.54) is 9.80 Å². The quantitative estimate of drug-likeness (QED) is 0.663. The Morgan fingerprint density at radius 3 is 1.77 bits per heavy atom. The molecular weight excluding hydrogens is 412 g/mol. The van der Waals surface area contributed by atoms with Gasteiger partial charge in [0.05, 0.1) is 5.69 Å². The average molecular weight is 424 g/mol. The van der Waals surface area contributed by atoms with Crippen molar-refractivity contribution in [1.82, 2.24) is 0 Å². The second kappa shape index (κ2) is 5.85. The number of rotatable bonds is 2. The third-order valence-electron chi connectivity index (χ3n) is 3.55. The van der Waals surface area contributed by atoms with E-state index in [0.29, 0.717) is 11.4 Å². The van der Waals surface area contributed by atoms with E-state index in [9.17, 15) is 9.59 Å². The largest absolute Gasteiger partial charge is 0.336 e. The zero-order chi connectivity index (χ0) is 15.9. The van der Waals surface area contributed by atoms with E-state index in [1.807, 2.05) is 36.4 Å². The van der Waals surface area contributed by atoms with Crippen molar-refractivity contribution in [1.29, 1.82) is 0 Å². The molecule has 0 radical (unpaired) electrons. The second-order valence-corrected chi connectivity index (χ2v) is 6.79. The van der Waals surface area contributed by atoms with Gasteiger partial charge in [-0.2, -0.15) is 0 Å². The molecule has 3 rings (SSSR count). The van der Waals surface area contributed by atoms with Gasteiger partial charge in [-0.15, -0.1) is 0 Å². The van der Waals surface area contributed by atoms with Crippen LogP contribution in [0.15, 0.2) is 57.5 Å². The second-order valence-electron chi connectivity index (χ2n) is 4.96. The molecule has 1 aliphatic rings. The van der Waals surface area contributed by atoms with Gasteiger partial charge in [0, 0.05) is 14.6 Å². The summed E-state index contributed by atoms with van der Waals surface area (Å²) in [6.45, 7) is 1.74. The monoisotopic (exact) mass is 422 g/mol. The molecule has 112 valence electrons. The molecule has 0 N–H and O–H groups in total. The molecule has 2 aromatic rings. The molecule has 22 heavy (non-hydrogen) atoms. The Balaban J connectivity index is 1.98. The molecule has 0 aliphatic carbocycles. The van der Waals surface area contributed by atoms with Crippen LogP contribution in [0, 0.1) is 0 Å². The van der Waals surface area contributed by atoms with Gasteiger partial charge in [0.25, 0.3) is 5.91 Å². The molecular formula is C16H12Br2N2O2. The Labute approximate surface area is 145 Å². The van der Waals surface area contributed by atoms with E-state index in [-0.39, 0.29) is 11.9 Å². The summed E-state index contributed by atoms with van der Waals surface area (Å²) < 4.78 is 1.82. The highest BCUT2D eigenvalue weighted by molar-refractivity contribution is 9.10. The summed E-state index contributed by atoms with van der Waals surface area (Å²) in [4.78, 5) is 27.9. The summed E-state index contributed by atoms with van der Waals surface area (Å²) in [5.74, 6) is -0.227. The fourth-order valence-electron chi connectivity index (χ4n) is 2.43. The SMILES string of the molecule is CC1C(=O)N(c2ccc(Br)cc2)C(=O)N1c1ccc(Br)cc1. The minimum Gasteiger partial charge on any atom is -0.281 e. The fourth-order valence-corrected chi connectivity index (χ4v) is 2.96. The third kappa shape index (κ3) is 2.57. The molecule has 1 fully saturated rings. The topological polar surface area (TPSA) is 40.6 Å². The summed E-state index contributed by atoms with van der Waals surface area (Å²) in [6, 6.07) is 13.6. The lowest BCUT2D eigenvalue weighted by atomic mass is 10.2. The van der Waals surface area contributed by atoms with Crippen LogP contribution in [0.2, 0.25) is 0 Å². The molecule has 1 unspecified atom stereocenters. The number of anilines is 2. The third-order valence-corrected chi connectivity index (χ3v) is 4.61. The number of benzene rings is 2. The van der Waals surface area contributed by atoms with Crippen molar-refractivity contribution in [2.45, 2.75) is 13.0 Å². The number of carbonyl (C=O) groups is 2. The molecule has 1 heterocycles. The molecule has 1 saturated heterocycles. The predicted octanol–water partition coefficient (Wildman–Crippen LogP) is 4.57. The first kappa shape index (κ1) is 15.2. The van der Waals surface area contributed by atoms with Crippen molar-refractivity contribution in [3.05, 3.63) is 57.5 Å². The van der Waals surface area contributed by atoms with Gasteiger partial charge in [0.2, 0.25) is 0 Å². The Bertz CT molecular complexity index is 729. The van der Waals surface area contributed by atoms with Gasteiger partial charge in [-0.1, -0.05) is 31.9 Å². The van der Waals surface area contributed by atoms with Crippen LogP contribution in [0.1, 0.15) is 6.92 Å². The van der Waals surface area contributed by atoms with Crippen LogP contribution in [-0.2, 0) is 4.79 Å². The van der Waals surface area contributed by atoms with Crippen molar-refractivity contribution >= 4 is 55.2 Å². The highest BCUT2D eigenvalue weighted by atomic mass is 79.9. The minimum absolute atomic E-state index is 0.227. The number of urea groups is 1. The molecule has 6 heteroatoms. The number of hydrogen-bond donors (Lipinski definition) is 0. The van der Waals surface area contributed by atoms with Gasteiger partial charge in [-0.05, 0) is 55.5 Å². The maximum atomic E-state index is 12.7. The minimum atomic E-state index is -0.530. The number of carbonyl (C=O) groups excluding carboxylic acids is 2. The van der Waals surface area contributed by atoms with Crippen molar-refractivity contribution in [3.63, 3.8) is 0 Å². The van der Waals surface area contributed by atoms with Gasteiger partial charge < -0.3 is 0 Å². The van der Waals surface area contributed by atoms with E-state index >= 15 is 0 Å². The molecule has 3 amide bonds. The maximum absolute atomic E-state index is 12.7. The van der Waals surface area contributed by atoms with Crippen LogP contribution < -0.4 is 9.80 Å². The number of halogens is 2. The number of imide groups is 1. The normalized spacial score (nSPS) is 18.2. The van der Waals surface area contributed by atoms with Crippen LogP contribution in [0.3, 0.4) is 0 Å². The standard InChI is InChI=1S/C16H12Br2N2O2/c1-10-15(21)20(14-8-4-12(18)5-9-14)16(22)19(10)13-6-2-11(17)3-7-13/h2-10H,1H3. The van der Waals surface area contributed by atoms with E-state index in [0.717, 1.165) is 8.95 Å². The lowest BCUT2D eigenvalue weighted by Gasteiger charge is -2.19. The summed E-state index contributed by atoms with van der Waals surface area (Å²) in [7, 11) is 0. The summed E-state index contributed by atoms with van der Waals surface area (Å²) in [5, 5.41) is 0. The van der Waals surface area contributed by atoms with Crippen LogP contribution in [0.25, 0.3) is 0 Å². The van der Waals surface area contributed by atoms with E-state index in [4.69, 9.17) is 0 Å². The Hall–Kier alpha value is -1.66. The molecule has 0 saturated carbocycles. The van der Waals surface area contributed by atoms with Crippen LogP contribution in [0.5, 0.6) is 0 Å². The number of amides is 3. The van der Waals surface area contributed by atoms with Gasteiger partial charge in [0.1, 0.15) is 6.04 Å². The zero-order valence-corrected chi connectivity index (χ0v) is 14.8. The van der Waals surface area contributed by atoms with Crippen LogP contribution in [0.4, 0.5) is 16.2 Å². The van der Waals surface area contributed by atoms with E-state index in [1.54, 1.807) is 19.1 Å². The maximum Gasteiger partial charge on any atom is 0.336 e. The van der Waals surface area contributed by atoms with Gasteiger partial charge in [0.15, 0.2) is 0 Å². The van der Waals surface area contributed by atoms with Crippen molar-refractivity contribution < 1.29 is 9.59 Å². The highest BCUT2D eigenvalue weighted by Crippen LogP contribution is 2.31. The van der Waals surface area contributed by atoms with Crippen molar-refractivity contribution in [3.8, 4) is 0 Å². The first-order chi connectivity index (χ1) is 10.5. The first-order valence-electron chi connectivity index (χ1n) is 6.67. The fraction of sp³-hybridized carbons (Fsp3) is 0.125. The van der Waals surface area contributed by atoms with Gasteiger partial charge >= 0.3 is 6.03 Å². The lowest BCUT2D eigenvalue weighted by molar-refractivity contribution is -0.117. The number of hydrogen-bond acceptors (Lipinski definition) is 2. The predicted molar refractivity (Wildman–Crippen MR) is 93.1 cm³/mol. The van der Waals surface area contributed by atoms with Crippen molar-refractivity contribution in [2.75, 3.05) is 9.80 Å². The summed E-state index contributed by atoms with van der Waals surface area (Å²) in [5.41, 5.74) is 1.28. The van der Waals surface area contributed by atoms with E-state index in [2.05, 4.69) is 31.9 Å². The van der Waals surface area contributed by atoms with Crippen LogP contribution >= 0.6 is 31.9 Å². The Morgan fingerprint density at radius 2 is 1.27 bits per heavy atom. The molecule has 0 aromatic heterocycles. The molecule has 0 bridgehead atoms. The molecule has 2 aromatic carbocycles. The Kier molecular flexibility index (Phi) is 4.06. The highest BCUT2D eigenvalue weighted by Gasteiger charge is 2.44. The lowest BCUT2D eigenvalue weighted by Crippen LogP contribution is -2.33. The summed E-state index contributed by atoms with van der Waals surface area (Å²) in [6.07, 6.45) is 0. The van der Waals surface area contributed by atoms with Gasteiger partial charge in [-0.3, -0.25) is 9.69 Å². The summed E-state index contributed by atoms with van der Waals surface area (Å²) >= 11 is 6.71. The molecule has 1 aliphatic heterocycles. The molecule has 1 atom stereocenters. The van der Waals surface area contributed by atoms with Gasteiger partial charge in [-0.25, -0.2) is 9.69 Å². The van der Waals surface area contributed by atoms with E-state index < -0.39 is 6.04 Å². The van der Waals surface area contributed by atoms with Crippen LogP contribution in [-0.4, -0.2) is 18.0 Å². The van der Waals surface area contributed by atoms with Crippen molar-refractivity contribution in [2.24, 2.45) is 0 Å². The molecule has 0 spiro atoms. The smallest absolute Gasteiger partial charge is 0.281 e. The first-order valence-corrected chi connectivity index (χ1v) is 8.26. The average Bonchev–Trinajstić information content (AvgIpc) is 2.72. The molecule has 4 nitrogen and oxygen atoms in total. The Morgan fingerprint density at radius 1 is 0.818 bits per heavy atom. The zero-order valence-electron chi connectivity index (χ0n) is 11.7.